The molecule has 0 saturated carbocycles. The Labute approximate surface area is 99.2 Å². The first-order valence-electron chi connectivity index (χ1n) is 5.59. The zero-order valence-corrected chi connectivity index (χ0v) is 9.68. The van der Waals surface area contributed by atoms with Gasteiger partial charge in [0.1, 0.15) is 11.8 Å². The van der Waals surface area contributed by atoms with E-state index in [2.05, 4.69) is 10.3 Å². The van der Waals surface area contributed by atoms with E-state index < -0.39 is 4.92 Å². The van der Waals surface area contributed by atoms with Crippen molar-refractivity contribution in [1.29, 1.82) is 0 Å². The van der Waals surface area contributed by atoms with Crippen LogP contribution in [0.15, 0.2) is 18.3 Å². The lowest BCUT2D eigenvalue weighted by molar-refractivity contribution is -0.385. The summed E-state index contributed by atoms with van der Waals surface area (Å²) in [6.07, 6.45) is 3.04. The number of piperidine rings is 1. The quantitative estimate of drug-likeness (QED) is 0.637. The molecule has 0 aliphatic carbocycles. The Bertz CT molecular complexity index is 399. The SMILES string of the molecule is CC1(Oc2ccc([N+](=O)[O-])cn2)CCNCC1. The summed E-state index contributed by atoms with van der Waals surface area (Å²) in [5, 5.41) is 13.7. The lowest BCUT2D eigenvalue weighted by atomic mass is 9.95. The van der Waals surface area contributed by atoms with Crippen molar-refractivity contribution in [3.8, 4) is 5.88 Å². The summed E-state index contributed by atoms with van der Waals surface area (Å²) in [6, 6.07) is 2.96. The zero-order valence-electron chi connectivity index (χ0n) is 9.68. The maximum absolute atomic E-state index is 10.5. The number of nitrogens with zero attached hydrogens (tertiary/aromatic N) is 2. The van der Waals surface area contributed by atoms with Crippen LogP contribution >= 0.6 is 0 Å². The van der Waals surface area contributed by atoms with Gasteiger partial charge in [-0.2, -0.15) is 0 Å². The molecule has 1 fully saturated rings. The van der Waals surface area contributed by atoms with Crippen LogP contribution in [0.2, 0.25) is 0 Å². The van der Waals surface area contributed by atoms with Crippen molar-refractivity contribution in [3.05, 3.63) is 28.4 Å². The number of nitro groups is 1. The van der Waals surface area contributed by atoms with E-state index in [0.29, 0.717) is 5.88 Å². The number of nitrogens with one attached hydrogen (secondary N) is 1. The largest absolute Gasteiger partial charge is 0.471 e. The monoisotopic (exact) mass is 237 g/mol. The fraction of sp³-hybridized carbons (Fsp3) is 0.545. The van der Waals surface area contributed by atoms with E-state index in [-0.39, 0.29) is 11.3 Å². The molecule has 0 radical (unpaired) electrons. The highest BCUT2D eigenvalue weighted by Gasteiger charge is 2.29. The predicted octanol–water partition coefficient (Wildman–Crippen LogP) is 1.51. The van der Waals surface area contributed by atoms with E-state index in [1.54, 1.807) is 6.07 Å². The van der Waals surface area contributed by atoms with Crippen LogP contribution in [-0.2, 0) is 0 Å². The molecule has 1 N–H and O–H groups in total. The van der Waals surface area contributed by atoms with Gasteiger partial charge in [0.2, 0.25) is 5.88 Å². The fourth-order valence-electron chi connectivity index (χ4n) is 1.85. The predicted molar refractivity (Wildman–Crippen MR) is 62.0 cm³/mol. The molecule has 1 aromatic heterocycles. The van der Waals surface area contributed by atoms with Gasteiger partial charge in [-0.15, -0.1) is 0 Å². The highest BCUT2D eigenvalue weighted by Crippen LogP contribution is 2.25. The Kier molecular flexibility index (Phi) is 3.23. The Morgan fingerprint density at radius 3 is 2.71 bits per heavy atom. The first-order valence-corrected chi connectivity index (χ1v) is 5.59. The molecule has 0 spiro atoms. The summed E-state index contributed by atoms with van der Waals surface area (Å²) in [5.41, 5.74) is -0.248. The molecule has 0 amide bonds. The zero-order chi connectivity index (χ0) is 12.3. The van der Waals surface area contributed by atoms with Crippen LogP contribution in [0.1, 0.15) is 19.8 Å². The third-order valence-electron chi connectivity index (χ3n) is 2.94. The van der Waals surface area contributed by atoms with Crippen molar-refractivity contribution < 1.29 is 9.66 Å². The van der Waals surface area contributed by atoms with Crippen molar-refractivity contribution in [2.45, 2.75) is 25.4 Å². The summed E-state index contributed by atoms with van der Waals surface area (Å²) >= 11 is 0. The lowest BCUT2D eigenvalue weighted by Crippen LogP contribution is -2.43. The fourth-order valence-corrected chi connectivity index (χ4v) is 1.85. The van der Waals surface area contributed by atoms with Gasteiger partial charge in [0.25, 0.3) is 5.69 Å². The minimum atomic E-state index is -0.469. The maximum Gasteiger partial charge on any atom is 0.287 e. The molecule has 2 heterocycles. The van der Waals surface area contributed by atoms with Gasteiger partial charge < -0.3 is 10.1 Å². The first kappa shape index (κ1) is 11.8. The van der Waals surface area contributed by atoms with E-state index >= 15 is 0 Å². The summed E-state index contributed by atoms with van der Waals surface area (Å²) in [5.74, 6) is 0.444. The molecule has 1 aliphatic rings. The normalized spacial score (nSPS) is 18.6. The van der Waals surface area contributed by atoms with Gasteiger partial charge in [0.15, 0.2) is 0 Å². The lowest BCUT2D eigenvalue weighted by Gasteiger charge is -2.34. The van der Waals surface area contributed by atoms with Crippen LogP contribution in [0.25, 0.3) is 0 Å². The summed E-state index contributed by atoms with van der Waals surface area (Å²) in [4.78, 5) is 14.0. The Balaban J connectivity index is 2.05. The van der Waals surface area contributed by atoms with Gasteiger partial charge in [-0.25, -0.2) is 4.98 Å². The van der Waals surface area contributed by atoms with Gasteiger partial charge in [-0.1, -0.05) is 0 Å². The van der Waals surface area contributed by atoms with Gasteiger partial charge in [-0.3, -0.25) is 10.1 Å². The minimum Gasteiger partial charge on any atom is -0.471 e. The van der Waals surface area contributed by atoms with Crippen LogP contribution in [0.5, 0.6) is 5.88 Å². The Hall–Kier alpha value is -1.69. The number of pyridine rings is 1. The van der Waals surface area contributed by atoms with E-state index in [9.17, 15) is 10.1 Å². The highest BCUT2D eigenvalue weighted by atomic mass is 16.6. The molecule has 0 aromatic carbocycles. The molecule has 0 unspecified atom stereocenters. The molecule has 92 valence electrons. The van der Waals surface area contributed by atoms with Crippen molar-refractivity contribution in [1.82, 2.24) is 10.3 Å². The molecule has 1 aromatic rings. The standard InChI is InChI=1S/C11H15N3O3/c1-11(4-6-12-7-5-11)17-10-3-2-9(8-13-10)14(15)16/h2-3,8,12H,4-7H2,1H3. The molecule has 6 heteroatoms. The van der Waals surface area contributed by atoms with E-state index in [0.717, 1.165) is 25.9 Å². The smallest absolute Gasteiger partial charge is 0.287 e. The topological polar surface area (TPSA) is 77.3 Å². The Morgan fingerprint density at radius 2 is 2.18 bits per heavy atom. The van der Waals surface area contributed by atoms with Gasteiger partial charge >= 0.3 is 0 Å². The maximum atomic E-state index is 10.5. The highest BCUT2D eigenvalue weighted by molar-refractivity contribution is 5.29. The molecular formula is C11H15N3O3. The summed E-state index contributed by atoms with van der Waals surface area (Å²) in [6.45, 7) is 3.88. The molecule has 1 aliphatic heterocycles. The molecule has 17 heavy (non-hydrogen) atoms. The van der Waals surface area contributed by atoms with Crippen LogP contribution in [0.3, 0.4) is 0 Å². The van der Waals surface area contributed by atoms with Crippen LogP contribution in [-0.4, -0.2) is 28.6 Å². The third-order valence-corrected chi connectivity index (χ3v) is 2.94. The second-order valence-corrected chi connectivity index (χ2v) is 4.41. The van der Waals surface area contributed by atoms with Crippen LogP contribution < -0.4 is 10.1 Å². The number of rotatable bonds is 3. The van der Waals surface area contributed by atoms with Crippen molar-refractivity contribution >= 4 is 5.69 Å². The molecule has 6 nitrogen and oxygen atoms in total. The van der Waals surface area contributed by atoms with Crippen molar-refractivity contribution in [2.75, 3.05) is 13.1 Å². The van der Waals surface area contributed by atoms with Crippen molar-refractivity contribution in [3.63, 3.8) is 0 Å². The minimum absolute atomic E-state index is 0.0205. The summed E-state index contributed by atoms with van der Waals surface area (Å²) < 4.78 is 5.80. The van der Waals surface area contributed by atoms with E-state index in [1.807, 2.05) is 6.92 Å². The van der Waals surface area contributed by atoms with E-state index in [4.69, 9.17) is 4.74 Å². The van der Waals surface area contributed by atoms with Gasteiger partial charge in [-0.05, 0) is 32.9 Å². The number of aromatic nitrogens is 1. The van der Waals surface area contributed by atoms with Gasteiger partial charge in [0.05, 0.1) is 4.92 Å². The molecule has 0 bridgehead atoms. The second kappa shape index (κ2) is 4.67. The number of hydrogen-bond donors (Lipinski definition) is 1. The molecule has 2 rings (SSSR count). The summed E-state index contributed by atoms with van der Waals surface area (Å²) in [7, 11) is 0. The average Bonchev–Trinajstić information content (AvgIpc) is 2.30. The van der Waals surface area contributed by atoms with Crippen LogP contribution in [0, 0.1) is 10.1 Å². The number of hydrogen-bond acceptors (Lipinski definition) is 5. The molecular weight excluding hydrogens is 222 g/mol. The van der Waals surface area contributed by atoms with E-state index in [1.165, 1.54) is 12.3 Å². The molecule has 1 saturated heterocycles. The second-order valence-electron chi connectivity index (χ2n) is 4.41. The number of ether oxygens (including phenoxy) is 1. The van der Waals surface area contributed by atoms with Gasteiger partial charge in [0, 0.05) is 12.1 Å². The third kappa shape index (κ3) is 2.91. The molecule has 0 atom stereocenters. The van der Waals surface area contributed by atoms with Crippen molar-refractivity contribution in [2.24, 2.45) is 0 Å². The van der Waals surface area contributed by atoms with Crippen LogP contribution in [0.4, 0.5) is 5.69 Å². The Morgan fingerprint density at radius 1 is 1.47 bits per heavy atom. The first-order chi connectivity index (χ1) is 8.09. The average molecular weight is 237 g/mol.